The second kappa shape index (κ2) is 8.94. The van der Waals surface area contributed by atoms with Crippen molar-refractivity contribution in [2.24, 2.45) is 4.99 Å². The number of hydrogen-bond acceptors (Lipinski definition) is 3. The molecule has 0 spiro atoms. The van der Waals surface area contributed by atoms with E-state index in [9.17, 15) is 4.79 Å². The van der Waals surface area contributed by atoms with E-state index in [-0.39, 0.29) is 35.6 Å². The van der Waals surface area contributed by atoms with Gasteiger partial charge in [-0.05, 0) is 54.4 Å². The van der Waals surface area contributed by atoms with Crippen molar-refractivity contribution >= 4 is 36.0 Å². The minimum Gasteiger partial charge on any atom is -0.444 e. The largest absolute Gasteiger partial charge is 0.444 e. The van der Waals surface area contributed by atoms with Crippen LogP contribution in [0.2, 0.25) is 0 Å². The molecule has 1 aliphatic carbocycles. The summed E-state index contributed by atoms with van der Waals surface area (Å²) in [7, 11) is 1.74. The van der Waals surface area contributed by atoms with E-state index in [2.05, 4.69) is 36.4 Å². The van der Waals surface area contributed by atoms with Crippen molar-refractivity contribution in [3.8, 4) is 0 Å². The maximum absolute atomic E-state index is 12.2. The quantitative estimate of drug-likeness (QED) is 0.401. The average Bonchev–Trinajstić information content (AvgIpc) is 3.13. The molecule has 0 unspecified atom stereocenters. The standard InChI is InChI=1S/C16H32N4O2.HI/c1-15(2,3)19-13(17-7)18-10-11-20(12-8-9-12)14(21)22-16(4,5)6;/h12H,8-11H2,1-7H3,(H2,17,18,19);1H. The van der Waals surface area contributed by atoms with Gasteiger partial charge in [0.2, 0.25) is 0 Å². The van der Waals surface area contributed by atoms with Gasteiger partial charge in [-0.25, -0.2) is 4.79 Å². The number of rotatable bonds is 4. The zero-order chi connectivity index (χ0) is 17.0. The number of carbonyl (C=O) groups excluding carboxylic acids is 1. The smallest absolute Gasteiger partial charge is 0.410 e. The van der Waals surface area contributed by atoms with Crippen molar-refractivity contribution in [2.75, 3.05) is 20.1 Å². The SMILES string of the molecule is CN=C(NCCN(C(=O)OC(C)(C)C)C1CC1)NC(C)(C)C.I. The molecule has 0 heterocycles. The number of nitrogens with one attached hydrogen (secondary N) is 2. The first kappa shape index (κ1) is 22.3. The van der Waals surface area contributed by atoms with Crippen LogP contribution in [0.25, 0.3) is 0 Å². The second-order valence-electron chi connectivity index (χ2n) is 7.78. The van der Waals surface area contributed by atoms with Crippen LogP contribution >= 0.6 is 24.0 Å². The molecule has 1 fully saturated rings. The van der Waals surface area contributed by atoms with E-state index >= 15 is 0 Å². The van der Waals surface area contributed by atoms with E-state index in [0.717, 1.165) is 18.8 Å². The number of carbonyl (C=O) groups is 1. The first-order chi connectivity index (χ1) is 10.0. The van der Waals surface area contributed by atoms with Crippen molar-refractivity contribution in [2.45, 2.75) is 71.6 Å². The number of guanidine groups is 1. The summed E-state index contributed by atoms with van der Waals surface area (Å²) in [6, 6.07) is 0.328. The monoisotopic (exact) mass is 440 g/mol. The van der Waals surface area contributed by atoms with Crippen LogP contribution in [-0.4, -0.2) is 54.3 Å². The molecule has 7 heteroatoms. The van der Waals surface area contributed by atoms with Crippen molar-refractivity contribution in [3.63, 3.8) is 0 Å². The van der Waals surface area contributed by atoms with Gasteiger partial charge in [-0.2, -0.15) is 0 Å². The van der Waals surface area contributed by atoms with Gasteiger partial charge in [0.05, 0.1) is 0 Å². The lowest BCUT2D eigenvalue weighted by Gasteiger charge is -2.28. The van der Waals surface area contributed by atoms with Gasteiger partial charge in [0, 0.05) is 31.7 Å². The van der Waals surface area contributed by atoms with Crippen LogP contribution < -0.4 is 10.6 Å². The Labute approximate surface area is 157 Å². The summed E-state index contributed by atoms with van der Waals surface area (Å²) >= 11 is 0. The predicted octanol–water partition coefficient (Wildman–Crippen LogP) is 2.97. The highest BCUT2D eigenvalue weighted by atomic mass is 127. The minimum atomic E-state index is -0.457. The van der Waals surface area contributed by atoms with Crippen molar-refractivity contribution < 1.29 is 9.53 Å². The molecule has 0 aromatic carbocycles. The molecule has 1 aliphatic rings. The lowest BCUT2D eigenvalue weighted by atomic mass is 10.1. The summed E-state index contributed by atoms with van der Waals surface area (Å²) in [4.78, 5) is 18.3. The normalized spacial score (nSPS) is 15.5. The van der Waals surface area contributed by atoms with Gasteiger partial charge in [-0.1, -0.05) is 0 Å². The second-order valence-corrected chi connectivity index (χ2v) is 7.78. The van der Waals surface area contributed by atoms with Crippen LogP contribution in [-0.2, 0) is 4.74 Å². The molecule has 0 aromatic rings. The van der Waals surface area contributed by atoms with Crippen LogP contribution in [0.4, 0.5) is 4.79 Å². The first-order valence-electron chi connectivity index (χ1n) is 8.00. The molecule has 6 nitrogen and oxygen atoms in total. The van der Waals surface area contributed by atoms with Gasteiger partial charge in [-0.15, -0.1) is 24.0 Å². The molecule has 0 aromatic heterocycles. The van der Waals surface area contributed by atoms with Crippen LogP contribution in [0.1, 0.15) is 54.4 Å². The Balaban J connectivity index is 0.00000484. The number of amides is 1. The topological polar surface area (TPSA) is 66.0 Å². The lowest BCUT2D eigenvalue weighted by Crippen LogP contribution is -2.50. The van der Waals surface area contributed by atoms with Crippen LogP contribution in [0, 0.1) is 0 Å². The molecule has 0 atom stereocenters. The number of ether oxygens (including phenoxy) is 1. The molecule has 0 bridgehead atoms. The molecular weight excluding hydrogens is 407 g/mol. The van der Waals surface area contributed by atoms with E-state index in [1.165, 1.54) is 0 Å². The highest BCUT2D eigenvalue weighted by molar-refractivity contribution is 14.0. The van der Waals surface area contributed by atoms with Gasteiger partial charge < -0.3 is 20.3 Å². The van der Waals surface area contributed by atoms with Crippen LogP contribution in [0.5, 0.6) is 0 Å². The average molecular weight is 440 g/mol. The number of nitrogens with zero attached hydrogens (tertiary/aromatic N) is 2. The molecule has 136 valence electrons. The summed E-state index contributed by atoms with van der Waals surface area (Å²) in [5.74, 6) is 0.743. The third kappa shape index (κ3) is 9.88. The van der Waals surface area contributed by atoms with E-state index in [4.69, 9.17) is 4.74 Å². The van der Waals surface area contributed by atoms with Gasteiger partial charge in [0.15, 0.2) is 5.96 Å². The van der Waals surface area contributed by atoms with Gasteiger partial charge >= 0.3 is 6.09 Å². The Morgan fingerprint density at radius 2 is 1.78 bits per heavy atom. The highest BCUT2D eigenvalue weighted by Gasteiger charge is 2.34. The van der Waals surface area contributed by atoms with Crippen LogP contribution in [0.15, 0.2) is 4.99 Å². The maximum atomic E-state index is 12.2. The van der Waals surface area contributed by atoms with E-state index in [1.54, 1.807) is 7.05 Å². The summed E-state index contributed by atoms with van der Waals surface area (Å²) < 4.78 is 5.48. The molecule has 1 amide bonds. The van der Waals surface area contributed by atoms with Crippen molar-refractivity contribution in [1.29, 1.82) is 0 Å². The summed E-state index contributed by atoms with van der Waals surface area (Å²) in [5.41, 5.74) is -0.509. The number of hydrogen-bond donors (Lipinski definition) is 2. The first-order valence-corrected chi connectivity index (χ1v) is 8.00. The van der Waals surface area contributed by atoms with Crippen molar-refractivity contribution in [3.05, 3.63) is 0 Å². The third-order valence-electron chi connectivity index (χ3n) is 2.98. The maximum Gasteiger partial charge on any atom is 0.410 e. The molecule has 2 N–H and O–H groups in total. The molecule has 23 heavy (non-hydrogen) atoms. The number of halogens is 1. The summed E-state index contributed by atoms with van der Waals surface area (Å²) in [6.07, 6.45) is 1.90. The Hall–Kier alpha value is -0.730. The Kier molecular flexibility index (Phi) is 8.65. The molecule has 0 saturated heterocycles. The van der Waals surface area contributed by atoms with E-state index < -0.39 is 5.60 Å². The zero-order valence-electron chi connectivity index (χ0n) is 15.5. The lowest BCUT2D eigenvalue weighted by molar-refractivity contribution is 0.0237. The third-order valence-corrected chi connectivity index (χ3v) is 2.98. The Morgan fingerprint density at radius 1 is 1.22 bits per heavy atom. The molecular formula is C16H33IN4O2. The fourth-order valence-electron chi connectivity index (χ4n) is 1.96. The Bertz CT molecular complexity index is 409. The van der Waals surface area contributed by atoms with Gasteiger partial charge in [-0.3, -0.25) is 4.99 Å². The fraction of sp³-hybridized carbons (Fsp3) is 0.875. The summed E-state index contributed by atoms with van der Waals surface area (Å²) in [6.45, 7) is 13.2. The van der Waals surface area contributed by atoms with Gasteiger partial charge in [0.25, 0.3) is 0 Å². The van der Waals surface area contributed by atoms with E-state index in [1.807, 2.05) is 25.7 Å². The molecule has 1 saturated carbocycles. The zero-order valence-corrected chi connectivity index (χ0v) is 17.9. The van der Waals surface area contributed by atoms with Gasteiger partial charge in [0.1, 0.15) is 5.60 Å². The predicted molar refractivity (Wildman–Crippen MR) is 106 cm³/mol. The Morgan fingerprint density at radius 3 is 2.17 bits per heavy atom. The summed E-state index contributed by atoms with van der Waals surface area (Å²) in [5, 5.41) is 6.54. The molecule has 0 aliphatic heterocycles. The van der Waals surface area contributed by atoms with E-state index in [0.29, 0.717) is 19.1 Å². The fourth-order valence-corrected chi connectivity index (χ4v) is 1.96. The van der Waals surface area contributed by atoms with Crippen LogP contribution in [0.3, 0.4) is 0 Å². The molecule has 0 radical (unpaired) electrons. The number of aliphatic imine (C=N–C) groups is 1. The van der Waals surface area contributed by atoms with Crippen molar-refractivity contribution in [1.82, 2.24) is 15.5 Å². The highest BCUT2D eigenvalue weighted by Crippen LogP contribution is 2.27. The minimum absolute atomic E-state index is 0. The molecule has 1 rings (SSSR count).